The molecule has 104 valence electrons. The minimum absolute atomic E-state index is 0.196. The Kier molecular flexibility index (Phi) is 4.77. The van der Waals surface area contributed by atoms with E-state index in [1.165, 1.54) is 12.1 Å². The highest BCUT2D eigenvalue weighted by atomic mass is 35.5. The lowest BCUT2D eigenvalue weighted by Crippen LogP contribution is -2.05. The molecule has 2 rings (SSSR count). The summed E-state index contributed by atoms with van der Waals surface area (Å²) in [5.74, 6) is 0.541. The molecular formula is C14H18ClFN2O. The maximum atomic E-state index is 13.4. The summed E-state index contributed by atoms with van der Waals surface area (Å²) in [6, 6.07) is 4.63. The number of aryl methyl sites for hydroxylation is 1. The molecule has 0 radical (unpaired) electrons. The second kappa shape index (κ2) is 6.35. The van der Waals surface area contributed by atoms with Gasteiger partial charge in [-0.1, -0.05) is 0 Å². The molecule has 0 bridgehead atoms. The molecule has 0 aliphatic carbocycles. The van der Waals surface area contributed by atoms with Crippen LogP contribution in [0, 0.1) is 5.82 Å². The Hall–Kier alpha value is -1.13. The molecule has 0 saturated carbocycles. The molecular weight excluding hydrogens is 267 g/mol. The van der Waals surface area contributed by atoms with Gasteiger partial charge in [0.25, 0.3) is 0 Å². The zero-order valence-corrected chi connectivity index (χ0v) is 12.0. The van der Waals surface area contributed by atoms with Crippen molar-refractivity contribution in [2.75, 3.05) is 13.7 Å². The monoisotopic (exact) mass is 284 g/mol. The summed E-state index contributed by atoms with van der Waals surface area (Å²) < 4.78 is 20.4. The number of hydrogen-bond donors (Lipinski definition) is 0. The number of benzene rings is 1. The van der Waals surface area contributed by atoms with Gasteiger partial charge in [-0.3, -0.25) is 0 Å². The van der Waals surface area contributed by atoms with Gasteiger partial charge in [-0.05, 0) is 38.0 Å². The van der Waals surface area contributed by atoms with E-state index in [9.17, 15) is 4.39 Å². The third kappa shape index (κ3) is 3.25. The van der Waals surface area contributed by atoms with E-state index in [1.807, 2.05) is 11.5 Å². The number of nitrogens with zero attached hydrogens (tertiary/aromatic N) is 2. The van der Waals surface area contributed by atoms with Gasteiger partial charge >= 0.3 is 0 Å². The van der Waals surface area contributed by atoms with Crippen LogP contribution in [0.1, 0.15) is 31.0 Å². The van der Waals surface area contributed by atoms with Crippen molar-refractivity contribution in [1.29, 1.82) is 0 Å². The van der Waals surface area contributed by atoms with Crippen LogP contribution in [0.25, 0.3) is 11.0 Å². The standard InChI is InChI=1S/C14H18ClFN2O/c1-10(15)14-17-12-6-5-11(16)9-13(12)18(14)7-3-4-8-19-2/h5-6,9-10H,3-4,7-8H2,1-2H3. The van der Waals surface area contributed by atoms with E-state index in [4.69, 9.17) is 16.3 Å². The van der Waals surface area contributed by atoms with Crippen molar-refractivity contribution in [2.24, 2.45) is 0 Å². The average Bonchev–Trinajstić information content (AvgIpc) is 2.73. The molecule has 0 aliphatic rings. The van der Waals surface area contributed by atoms with Crippen molar-refractivity contribution in [3.8, 4) is 0 Å². The molecule has 2 aromatic rings. The van der Waals surface area contributed by atoms with Crippen LogP contribution >= 0.6 is 11.6 Å². The van der Waals surface area contributed by atoms with Gasteiger partial charge in [-0.2, -0.15) is 0 Å². The number of unbranched alkanes of at least 4 members (excludes halogenated alkanes) is 1. The van der Waals surface area contributed by atoms with Crippen molar-refractivity contribution in [3.05, 3.63) is 29.8 Å². The molecule has 19 heavy (non-hydrogen) atoms. The summed E-state index contributed by atoms with van der Waals surface area (Å²) in [6.45, 7) is 3.38. The van der Waals surface area contributed by atoms with Gasteiger partial charge in [-0.15, -0.1) is 11.6 Å². The molecule has 1 atom stereocenters. The summed E-state index contributed by atoms with van der Waals surface area (Å²) in [6.07, 6.45) is 1.91. The number of alkyl halides is 1. The van der Waals surface area contributed by atoms with Gasteiger partial charge in [0.15, 0.2) is 0 Å². The zero-order valence-electron chi connectivity index (χ0n) is 11.2. The number of rotatable bonds is 6. The van der Waals surface area contributed by atoms with Crippen molar-refractivity contribution < 1.29 is 9.13 Å². The summed E-state index contributed by atoms with van der Waals surface area (Å²) in [4.78, 5) is 4.49. The van der Waals surface area contributed by atoms with Gasteiger partial charge in [0, 0.05) is 20.3 Å². The van der Waals surface area contributed by atoms with E-state index < -0.39 is 0 Å². The van der Waals surface area contributed by atoms with E-state index >= 15 is 0 Å². The van der Waals surface area contributed by atoms with Gasteiger partial charge in [-0.25, -0.2) is 9.37 Å². The van der Waals surface area contributed by atoms with Gasteiger partial charge in [0.1, 0.15) is 11.6 Å². The minimum atomic E-state index is -0.251. The molecule has 1 aromatic heterocycles. The Bertz CT molecular complexity index is 554. The second-order valence-corrected chi connectivity index (χ2v) is 5.23. The average molecular weight is 285 g/mol. The Morgan fingerprint density at radius 3 is 2.89 bits per heavy atom. The molecule has 1 unspecified atom stereocenters. The normalized spacial score (nSPS) is 13.1. The number of aromatic nitrogens is 2. The molecule has 0 saturated heterocycles. The number of fused-ring (bicyclic) bond motifs is 1. The summed E-state index contributed by atoms with van der Waals surface area (Å²) in [7, 11) is 1.69. The largest absolute Gasteiger partial charge is 0.385 e. The van der Waals surface area contributed by atoms with E-state index in [0.717, 1.165) is 42.9 Å². The van der Waals surface area contributed by atoms with Gasteiger partial charge in [0.05, 0.1) is 16.4 Å². The molecule has 0 spiro atoms. The Balaban J connectivity index is 2.31. The lowest BCUT2D eigenvalue weighted by Gasteiger charge is -2.10. The molecule has 1 heterocycles. The topological polar surface area (TPSA) is 27.1 Å². The first kappa shape index (κ1) is 14.3. The van der Waals surface area contributed by atoms with Crippen LogP contribution in [0.15, 0.2) is 18.2 Å². The number of imidazole rings is 1. The fraction of sp³-hybridized carbons (Fsp3) is 0.500. The van der Waals surface area contributed by atoms with Crippen molar-refractivity contribution in [1.82, 2.24) is 9.55 Å². The van der Waals surface area contributed by atoms with Crippen LogP contribution in [0.5, 0.6) is 0 Å². The third-order valence-electron chi connectivity index (χ3n) is 3.08. The first-order valence-corrected chi connectivity index (χ1v) is 6.86. The fourth-order valence-corrected chi connectivity index (χ4v) is 2.34. The van der Waals surface area contributed by atoms with Crippen LogP contribution in [0.2, 0.25) is 0 Å². The predicted molar refractivity (Wildman–Crippen MR) is 75.1 cm³/mol. The maximum Gasteiger partial charge on any atom is 0.127 e. The molecule has 5 heteroatoms. The fourth-order valence-electron chi connectivity index (χ4n) is 2.17. The third-order valence-corrected chi connectivity index (χ3v) is 3.27. The van der Waals surface area contributed by atoms with E-state index in [-0.39, 0.29) is 11.2 Å². The van der Waals surface area contributed by atoms with Crippen molar-refractivity contribution >= 4 is 22.6 Å². The summed E-state index contributed by atoms with van der Waals surface area (Å²) in [5, 5.41) is -0.196. The van der Waals surface area contributed by atoms with Crippen LogP contribution < -0.4 is 0 Å². The predicted octanol–water partition coefficient (Wildman–Crippen LogP) is 3.90. The molecule has 0 aliphatic heterocycles. The highest BCUT2D eigenvalue weighted by molar-refractivity contribution is 6.20. The number of ether oxygens (including phenoxy) is 1. The smallest absolute Gasteiger partial charge is 0.127 e. The Labute approximate surface area is 117 Å². The Morgan fingerprint density at radius 1 is 1.42 bits per heavy atom. The zero-order chi connectivity index (χ0) is 13.8. The number of methoxy groups -OCH3 is 1. The molecule has 1 aromatic carbocycles. The Morgan fingerprint density at radius 2 is 2.21 bits per heavy atom. The molecule has 3 nitrogen and oxygen atoms in total. The van der Waals surface area contributed by atoms with Gasteiger partial charge < -0.3 is 9.30 Å². The van der Waals surface area contributed by atoms with Crippen LogP contribution in [-0.4, -0.2) is 23.3 Å². The first-order chi connectivity index (χ1) is 9.13. The lowest BCUT2D eigenvalue weighted by molar-refractivity contribution is 0.191. The van der Waals surface area contributed by atoms with Crippen molar-refractivity contribution in [2.45, 2.75) is 31.7 Å². The lowest BCUT2D eigenvalue weighted by atomic mass is 10.3. The van der Waals surface area contributed by atoms with E-state index in [2.05, 4.69) is 4.98 Å². The number of hydrogen-bond acceptors (Lipinski definition) is 2. The minimum Gasteiger partial charge on any atom is -0.385 e. The summed E-state index contributed by atoms with van der Waals surface area (Å²) >= 11 is 6.16. The first-order valence-electron chi connectivity index (χ1n) is 6.42. The highest BCUT2D eigenvalue weighted by Crippen LogP contribution is 2.25. The SMILES string of the molecule is COCCCCn1c(C(C)Cl)nc2ccc(F)cc21. The maximum absolute atomic E-state index is 13.4. The van der Waals surface area contributed by atoms with E-state index in [0.29, 0.717) is 0 Å². The molecule has 0 fully saturated rings. The van der Waals surface area contributed by atoms with Crippen LogP contribution in [-0.2, 0) is 11.3 Å². The quantitative estimate of drug-likeness (QED) is 0.594. The van der Waals surface area contributed by atoms with Crippen LogP contribution in [0.4, 0.5) is 4.39 Å². The van der Waals surface area contributed by atoms with Gasteiger partial charge in [0.2, 0.25) is 0 Å². The van der Waals surface area contributed by atoms with E-state index in [1.54, 1.807) is 13.2 Å². The van der Waals surface area contributed by atoms with Crippen molar-refractivity contribution in [3.63, 3.8) is 0 Å². The highest BCUT2D eigenvalue weighted by Gasteiger charge is 2.15. The second-order valence-electron chi connectivity index (χ2n) is 4.57. The summed E-state index contributed by atoms with van der Waals surface area (Å²) in [5.41, 5.74) is 1.59. The van der Waals surface area contributed by atoms with Crippen LogP contribution in [0.3, 0.4) is 0 Å². The molecule has 0 amide bonds. The number of halogens is 2. The molecule has 0 N–H and O–H groups in total.